The first kappa shape index (κ1) is 26.6. The van der Waals surface area contributed by atoms with Crippen molar-refractivity contribution in [3.63, 3.8) is 0 Å². The number of carbonyl (C=O) groups is 1. The molecule has 0 aromatic heterocycles. The zero-order chi connectivity index (χ0) is 27.8. The van der Waals surface area contributed by atoms with E-state index in [0.29, 0.717) is 37.2 Å². The van der Waals surface area contributed by atoms with Gasteiger partial charge in [0.05, 0.1) is 25.1 Å². The summed E-state index contributed by atoms with van der Waals surface area (Å²) >= 11 is 6.38. The Kier molecular flexibility index (Phi) is 7.41. The summed E-state index contributed by atoms with van der Waals surface area (Å²) in [6.45, 7) is 6.66. The summed E-state index contributed by atoms with van der Waals surface area (Å²) in [6.07, 6.45) is 8.43. The fourth-order valence-corrected chi connectivity index (χ4v) is 6.89. The quantitative estimate of drug-likeness (QED) is 0.382. The fraction of sp³-hybridized carbons (Fsp3) is 0.406. The molecule has 1 aliphatic carbocycles. The standard InChI is InChI=1S/C32H36ClN3O4/c1-21-17-22(2)34-15-13-23-7-3-10-26(31(23)34)27-18-36(32(37)38)35(29(27)20-39-19-21)14-6-16-40-30-12-5-8-24-25(30)9-4-11-28(24)33/h4-5,8-9,11-12,19-20,22H,3,6-7,10,13-18H2,1-2H3,(H,37,38)/b21-19-,27-26-,29-20+. The highest BCUT2D eigenvalue weighted by molar-refractivity contribution is 6.35. The van der Waals surface area contributed by atoms with Gasteiger partial charge >= 0.3 is 6.09 Å². The predicted molar refractivity (Wildman–Crippen MR) is 157 cm³/mol. The van der Waals surface area contributed by atoms with E-state index in [1.54, 1.807) is 6.26 Å². The highest BCUT2D eigenvalue weighted by Gasteiger charge is 2.40. The second-order valence-corrected chi connectivity index (χ2v) is 11.5. The van der Waals surface area contributed by atoms with Crippen molar-refractivity contribution in [3.8, 4) is 5.75 Å². The van der Waals surface area contributed by atoms with Gasteiger partial charge in [0.15, 0.2) is 0 Å². The average Bonchev–Trinajstić information content (AvgIpc) is 3.53. The maximum absolute atomic E-state index is 12.5. The molecule has 2 aromatic carbocycles. The third-order valence-corrected chi connectivity index (χ3v) is 8.77. The Bertz CT molecular complexity index is 1460. The summed E-state index contributed by atoms with van der Waals surface area (Å²) in [4.78, 5) is 15.0. The van der Waals surface area contributed by atoms with Gasteiger partial charge in [-0.15, -0.1) is 0 Å². The highest BCUT2D eigenvalue weighted by atomic mass is 35.5. The normalized spacial score (nSPS) is 25.5. The Morgan fingerprint density at radius 1 is 1.10 bits per heavy atom. The molecule has 210 valence electrons. The molecule has 1 amide bonds. The molecule has 2 aromatic rings. The number of benzene rings is 2. The van der Waals surface area contributed by atoms with Gasteiger partial charge in [0.25, 0.3) is 0 Å². The van der Waals surface area contributed by atoms with Crippen molar-refractivity contribution < 1.29 is 19.4 Å². The van der Waals surface area contributed by atoms with Crippen molar-refractivity contribution in [3.05, 3.63) is 87.6 Å². The first-order valence-corrected chi connectivity index (χ1v) is 14.6. The zero-order valence-corrected chi connectivity index (χ0v) is 23.9. The van der Waals surface area contributed by atoms with Crippen molar-refractivity contribution >= 4 is 28.5 Å². The number of nitrogens with zero attached hydrogens (tertiary/aromatic N) is 3. The molecule has 1 saturated heterocycles. The molecular formula is C32H36ClN3O4. The second kappa shape index (κ2) is 11.1. The van der Waals surface area contributed by atoms with Gasteiger partial charge in [-0.3, -0.25) is 5.01 Å². The highest BCUT2D eigenvalue weighted by Crippen LogP contribution is 2.45. The first-order valence-electron chi connectivity index (χ1n) is 14.2. The van der Waals surface area contributed by atoms with Crippen LogP contribution in [0.25, 0.3) is 10.8 Å². The molecule has 0 spiro atoms. The lowest BCUT2D eigenvalue weighted by Crippen LogP contribution is -2.40. The second-order valence-electron chi connectivity index (χ2n) is 11.1. The van der Waals surface area contributed by atoms with Crippen LogP contribution in [0.15, 0.2) is 82.6 Å². The van der Waals surface area contributed by atoms with Crippen LogP contribution in [-0.4, -0.2) is 58.4 Å². The Balaban J connectivity index is 1.29. The minimum Gasteiger partial charge on any atom is -0.493 e. The van der Waals surface area contributed by atoms with Gasteiger partial charge in [-0.25, -0.2) is 9.80 Å². The summed E-state index contributed by atoms with van der Waals surface area (Å²) in [5.41, 5.74) is 7.23. The maximum Gasteiger partial charge on any atom is 0.426 e. The SMILES string of the molecule is C/C1=C/O/C=C2\C(=C3\CCCC4=C3N(CC4)C(C)C1)CN(C(=O)O)N2CCCOc1cccc2c(Cl)cccc12. The molecule has 1 atom stereocenters. The molecule has 3 heterocycles. The van der Waals surface area contributed by atoms with E-state index in [1.165, 1.54) is 27.4 Å². The lowest BCUT2D eigenvalue weighted by Gasteiger charge is -2.33. The number of allylic oxidation sites excluding steroid dienone is 1. The molecule has 1 fully saturated rings. The van der Waals surface area contributed by atoms with Crippen molar-refractivity contribution in [1.82, 2.24) is 14.9 Å². The number of fused-ring (bicyclic) bond motifs is 2. The Hall–Kier alpha value is -3.58. The van der Waals surface area contributed by atoms with Gasteiger partial charge in [0.1, 0.15) is 12.0 Å². The summed E-state index contributed by atoms with van der Waals surface area (Å²) < 4.78 is 12.2. The Morgan fingerprint density at radius 2 is 1.93 bits per heavy atom. The van der Waals surface area contributed by atoms with Crippen molar-refractivity contribution in [1.29, 1.82) is 0 Å². The minimum atomic E-state index is -0.966. The summed E-state index contributed by atoms with van der Waals surface area (Å²) in [7, 11) is 0. The predicted octanol–water partition coefficient (Wildman–Crippen LogP) is 7.47. The van der Waals surface area contributed by atoms with E-state index in [4.69, 9.17) is 21.1 Å². The largest absolute Gasteiger partial charge is 0.493 e. The van der Waals surface area contributed by atoms with Crippen LogP contribution in [0.3, 0.4) is 0 Å². The van der Waals surface area contributed by atoms with Crippen LogP contribution in [0, 0.1) is 0 Å². The van der Waals surface area contributed by atoms with Gasteiger partial charge < -0.3 is 19.5 Å². The van der Waals surface area contributed by atoms with Crippen LogP contribution in [0.4, 0.5) is 4.79 Å². The van der Waals surface area contributed by atoms with Crippen LogP contribution >= 0.6 is 11.6 Å². The number of ether oxygens (including phenoxy) is 2. The van der Waals surface area contributed by atoms with E-state index < -0.39 is 6.09 Å². The summed E-state index contributed by atoms with van der Waals surface area (Å²) in [6, 6.07) is 12.0. The average molecular weight is 562 g/mol. The number of carboxylic acid groups (broad SMARTS) is 1. The van der Waals surface area contributed by atoms with Gasteiger partial charge in [0, 0.05) is 52.6 Å². The number of hydrazine groups is 1. The number of hydrogen-bond donors (Lipinski definition) is 1. The molecule has 1 unspecified atom stereocenters. The lowest BCUT2D eigenvalue weighted by atomic mass is 9.87. The smallest absolute Gasteiger partial charge is 0.426 e. The Morgan fingerprint density at radius 3 is 2.77 bits per heavy atom. The van der Waals surface area contributed by atoms with E-state index in [9.17, 15) is 9.90 Å². The van der Waals surface area contributed by atoms with Crippen molar-refractivity contribution in [2.45, 2.75) is 58.4 Å². The maximum atomic E-state index is 12.5. The van der Waals surface area contributed by atoms with E-state index in [1.807, 2.05) is 47.7 Å². The summed E-state index contributed by atoms with van der Waals surface area (Å²) in [5.74, 6) is 0.773. The van der Waals surface area contributed by atoms with Crippen molar-refractivity contribution in [2.24, 2.45) is 0 Å². The van der Waals surface area contributed by atoms with E-state index in [2.05, 4.69) is 18.7 Å². The molecule has 3 aliphatic heterocycles. The Labute approximate surface area is 240 Å². The van der Waals surface area contributed by atoms with E-state index in [0.717, 1.165) is 66.4 Å². The number of rotatable bonds is 5. The topological polar surface area (TPSA) is 65.5 Å². The third-order valence-electron chi connectivity index (χ3n) is 8.44. The molecule has 0 saturated carbocycles. The minimum absolute atomic E-state index is 0.324. The van der Waals surface area contributed by atoms with Crippen LogP contribution in [-0.2, 0) is 4.74 Å². The lowest BCUT2D eigenvalue weighted by molar-refractivity contribution is 0.0443. The zero-order valence-electron chi connectivity index (χ0n) is 23.2. The number of halogens is 1. The molecule has 0 bridgehead atoms. The molecule has 40 heavy (non-hydrogen) atoms. The molecular weight excluding hydrogens is 526 g/mol. The molecule has 6 rings (SSSR count). The summed E-state index contributed by atoms with van der Waals surface area (Å²) in [5, 5.41) is 16.1. The van der Waals surface area contributed by atoms with Gasteiger partial charge in [-0.05, 0) is 74.8 Å². The fourth-order valence-electron chi connectivity index (χ4n) is 6.65. The molecule has 0 radical (unpaired) electrons. The number of hydrogen-bond acceptors (Lipinski definition) is 5. The molecule has 4 aliphatic rings. The molecule has 7 nitrogen and oxygen atoms in total. The van der Waals surface area contributed by atoms with E-state index >= 15 is 0 Å². The number of amides is 1. The monoisotopic (exact) mass is 561 g/mol. The van der Waals surface area contributed by atoms with Crippen LogP contribution < -0.4 is 4.74 Å². The molecule has 8 heteroatoms. The molecule has 1 N–H and O–H groups in total. The van der Waals surface area contributed by atoms with Gasteiger partial charge in [-0.1, -0.05) is 35.9 Å². The van der Waals surface area contributed by atoms with Gasteiger partial charge in [-0.2, -0.15) is 0 Å². The first-order chi connectivity index (χ1) is 19.4. The third kappa shape index (κ3) is 4.92. The van der Waals surface area contributed by atoms with Gasteiger partial charge in [0.2, 0.25) is 0 Å². The van der Waals surface area contributed by atoms with Crippen LogP contribution in [0.2, 0.25) is 5.02 Å². The van der Waals surface area contributed by atoms with Crippen LogP contribution in [0.1, 0.15) is 52.4 Å². The van der Waals surface area contributed by atoms with Crippen molar-refractivity contribution in [2.75, 3.05) is 26.2 Å². The van der Waals surface area contributed by atoms with Crippen LogP contribution in [0.5, 0.6) is 5.75 Å². The van der Waals surface area contributed by atoms with E-state index in [-0.39, 0.29) is 0 Å².